The second-order valence-electron chi connectivity index (χ2n) is 10.2. The number of benzene rings is 1. The van der Waals surface area contributed by atoms with Crippen molar-refractivity contribution in [3.63, 3.8) is 0 Å². The number of rotatable bonds is 12. The van der Waals surface area contributed by atoms with Crippen molar-refractivity contribution in [1.82, 2.24) is 19.5 Å². The molecule has 0 spiro atoms. The van der Waals surface area contributed by atoms with Crippen LogP contribution in [-0.2, 0) is 34.2 Å². The summed E-state index contributed by atoms with van der Waals surface area (Å²) >= 11 is 6.09. The van der Waals surface area contributed by atoms with Crippen LogP contribution >= 0.6 is 19.4 Å². The Morgan fingerprint density at radius 3 is 2.49 bits per heavy atom. The number of ether oxygens (including phenoxy) is 2. The van der Waals surface area contributed by atoms with Gasteiger partial charge in [-0.1, -0.05) is 37.3 Å². The van der Waals surface area contributed by atoms with E-state index in [-0.39, 0.29) is 24.3 Å². The second-order valence-corrected chi connectivity index (χ2v) is 12.1. The Bertz CT molecular complexity index is 1300. The van der Waals surface area contributed by atoms with Crippen molar-refractivity contribution in [2.75, 3.05) is 18.9 Å². The summed E-state index contributed by atoms with van der Waals surface area (Å²) in [6.45, 7) is 8.86. The summed E-state index contributed by atoms with van der Waals surface area (Å²) in [7, 11) is -3.94. The molecule has 3 N–H and O–H groups in total. The SMILES string of the molecule is CC(C)OP(=O)(OC[C@H]1O[C@@H](n2cnc3c(N)nc(Cl)nc32)C(C)(COCc2ccccc2)[C@H]1O)OC(C)C. The van der Waals surface area contributed by atoms with Gasteiger partial charge in [0.15, 0.2) is 11.5 Å². The maximum absolute atomic E-state index is 13.3. The lowest BCUT2D eigenvalue weighted by Crippen LogP contribution is -2.42. The first kappa shape index (κ1) is 29.8. The molecule has 1 unspecified atom stereocenters. The van der Waals surface area contributed by atoms with Gasteiger partial charge in [-0.25, -0.2) is 9.55 Å². The van der Waals surface area contributed by atoms with Gasteiger partial charge in [-0.2, -0.15) is 9.97 Å². The third-order valence-corrected chi connectivity index (χ3v) is 8.16. The minimum atomic E-state index is -3.94. The number of nitrogens with zero attached hydrogens (tertiary/aromatic N) is 4. The molecule has 4 atom stereocenters. The minimum absolute atomic E-state index is 0.0557. The van der Waals surface area contributed by atoms with Crippen LogP contribution in [-0.4, -0.2) is 62.3 Å². The Morgan fingerprint density at radius 2 is 1.85 bits per heavy atom. The second kappa shape index (κ2) is 12.2. The van der Waals surface area contributed by atoms with Crippen LogP contribution in [0.15, 0.2) is 36.7 Å². The number of hydrogen-bond acceptors (Lipinski definition) is 11. The molecule has 3 aromatic rings. The van der Waals surface area contributed by atoms with Gasteiger partial charge < -0.3 is 20.3 Å². The summed E-state index contributed by atoms with van der Waals surface area (Å²) in [5, 5.41) is 11.5. The van der Waals surface area contributed by atoms with Gasteiger partial charge in [0.05, 0.1) is 49.9 Å². The molecule has 12 nitrogen and oxygen atoms in total. The van der Waals surface area contributed by atoms with Crippen molar-refractivity contribution in [3.05, 3.63) is 47.5 Å². The molecule has 0 aliphatic carbocycles. The average Bonchev–Trinajstić information content (AvgIpc) is 3.36. The van der Waals surface area contributed by atoms with Crippen molar-refractivity contribution in [1.29, 1.82) is 0 Å². The van der Waals surface area contributed by atoms with E-state index in [1.165, 1.54) is 6.33 Å². The molecule has 0 saturated carbocycles. The molecule has 1 saturated heterocycles. The average molecular weight is 584 g/mol. The van der Waals surface area contributed by atoms with E-state index in [0.29, 0.717) is 17.8 Å². The van der Waals surface area contributed by atoms with Gasteiger partial charge in [0.2, 0.25) is 5.28 Å². The number of halogens is 1. The number of aliphatic hydroxyl groups excluding tert-OH is 1. The number of imidazole rings is 1. The van der Waals surface area contributed by atoms with E-state index >= 15 is 0 Å². The molecule has 0 radical (unpaired) electrons. The summed E-state index contributed by atoms with van der Waals surface area (Å²) in [6.07, 6.45) is -2.20. The van der Waals surface area contributed by atoms with Crippen molar-refractivity contribution in [2.24, 2.45) is 5.41 Å². The Hall–Kier alpha value is -2.15. The van der Waals surface area contributed by atoms with E-state index < -0.39 is 43.9 Å². The first-order chi connectivity index (χ1) is 18.4. The fraction of sp³-hybridized carbons (Fsp3) is 0.560. The van der Waals surface area contributed by atoms with Crippen LogP contribution in [0.25, 0.3) is 11.2 Å². The van der Waals surface area contributed by atoms with Crippen LogP contribution in [0.2, 0.25) is 5.28 Å². The summed E-state index contributed by atoms with van der Waals surface area (Å²) in [5.41, 5.74) is 6.63. The van der Waals surface area contributed by atoms with Gasteiger partial charge in [0, 0.05) is 0 Å². The number of fused-ring (bicyclic) bond motifs is 1. The van der Waals surface area contributed by atoms with Gasteiger partial charge in [0.25, 0.3) is 0 Å². The van der Waals surface area contributed by atoms with Crippen LogP contribution in [0.4, 0.5) is 5.82 Å². The van der Waals surface area contributed by atoms with E-state index in [1.807, 2.05) is 37.3 Å². The maximum Gasteiger partial charge on any atom is 0.475 e. The zero-order valence-corrected chi connectivity index (χ0v) is 24.2. The first-order valence-electron chi connectivity index (χ1n) is 12.6. The molecule has 1 aliphatic rings. The van der Waals surface area contributed by atoms with Crippen LogP contribution in [0.5, 0.6) is 0 Å². The molecule has 0 bridgehead atoms. The van der Waals surface area contributed by atoms with Crippen molar-refractivity contribution in [2.45, 2.75) is 71.9 Å². The van der Waals surface area contributed by atoms with Crippen molar-refractivity contribution < 1.29 is 32.7 Å². The van der Waals surface area contributed by atoms with Crippen molar-refractivity contribution >= 4 is 36.4 Å². The Labute approximate surface area is 232 Å². The fourth-order valence-corrected chi connectivity index (χ4v) is 6.15. The molecular formula is C25H35ClN5O7P. The number of phosphoric acid groups is 1. The lowest BCUT2D eigenvalue weighted by atomic mass is 9.83. The largest absolute Gasteiger partial charge is 0.475 e. The molecule has 1 aliphatic heterocycles. The van der Waals surface area contributed by atoms with Crippen molar-refractivity contribution in [3.8, 4) is 0 Å². The highest BCUT2D eigenvalue weighted by Crippen LogP contribution is 2.53. The number of anilines is 1. The van der Waals surface area contributed by atoms with Gasteiger partial charge >= 0.3 is 7.82 Å². The van der Waals surface area contributed by atoms with E-state index in [9.17, 15) is 9.67 Å². The van der Waals surface area contributed by atoms with Crippen LogP contribution in [0.3, 0.4) is 0 Å². The molecule has 4 rings (SSSR count). The number of phosphoric ester groups is 1. The lowest BCUT2D eigenvalue weighted by molar-refractivity contribution is -0.0748. The Balaban J connectivity index is 1.62. The molecule has 0 amide bonds. The number of aromatic nitrogens is 4. The van der Waals surface area contributed by atoms with Gasteiger partial charge in [-0.15, -0.1) is 0 Å². The van der Waals surface area contributed by atoms with Gasteiger partial charge in [-0.3, -0.25) is 18.1 Å². The van der Waals surface area contributed by atoms with Crippen LogP contribution in [0.1, 0.15) is 46.4 Å². The predicted molar refractivity (Wildman–Crippen MR) is 145 cm³/mol. The molecule has 214 valence electrons. The zero-order valence-electron chi connectivity index (χ0n) is 22.6. The third-order valence-electron chi connectivity index (χ3n) is 6.17. The molecule has 1 fully saturated rings. The van der Waals surface area contributed by atoms with E-state index in [0.717, 1.165) is 5.56 Å². The summed E-state index contributed by atoms with van der Waals surface area (Å²) in [6, 6.07) is 9.67. The zero-order chi connectivity index (χ0) is 28.4. The maximum atomic E-state index is 13.3. The molecule has 14 heteroatoms. The number of hydrogen-bond donors (Lipinski definition) is 2. The highest BCUT2D eigenvalue weighted by atomic mass is 35.5. The topological polar surface area (TPSA) is 153 Å². The monoisotopic (exact) mass is 583 g/mol. The molecule has 3 heterocycles. The number of nitrogen functional groups attached to an aromatic ring is 1. The predicted octanol–water partition coefficient (Wildman–Crippen LogP) is 4.52. The summed E-state index contributed by atoms with van der Waals surface area (Å²) in [5.74, 6) is 0.113. The van der Waals surface area contributed by atoms with E-state index in [1.54, 1.807) is 32.3 Å². The summed E-state index contributed by atoms with van der Waals surface area (Å²) in [4.78, 5) is 12.6. The smallest absolute Gasteiger partial charge is 0.389 e. The molecule has 39 heavy (non-hydrogen) atoms. The van der Waals surface area contributed by atoms with E-state index in [2.05, 4.69) is 15.0 Å². The first-order valence-corrected chi connectivity index (χ1v) is 14.5. The minimum Gasteiger partial charge on any atom is -0.389 e. The quantitative estimate of drug-likeness (QED) is 0.228. The third kappa shape index (κ3) is 6.78. The Morgan fingerprint density at radius 1 is 1.18 bits per heavy atom. The Kier molecular flexibility index (Phi) is 9.30. The molecule has 2 aromatic heterocycles. The molecule has 1 aromatic carbocycles. The van der Waals surface area contributed by atoms with Gasteiger partial charge in [0.1, 0.15) is 17.8 Å². The fourth-order valence-electron chi connectivity index (χ4n) is 4.45. The highest BCUT2D eigenvalue weighted by molar-refractivity contribution is 7.48. The van der Waals surface area contributed by atoms with Crippen LogP contribution in [0, 0.1) is 5.41 Å². The van der Waals surface area contributed by atoms with Gasteiger partial charge in [-0.05, 0) is 44.9 Å². The highest BCUT2D eigenvalue weighted by Gasteiger charge is 2.55. The van der Waals surface area contributed by atoms with E-state index in [4.69, 9.17) is 40.4 Å². The summed E-state index contributed by atoms with van der Waals surface area (Å²) < 4.78 is 43.9. The number of aliphatic hydroxyl groups is 1. The normalized spacial score (nSPS) is 23.9. The lowest BCUT2D eigenvalue weighted by Gasteiger charge is -2.33. The standard InChI is InChI=1S/C25H35ClN5O7P/c1-15(2)37-39(33,38-16(3)4)35-12-18-20(32)25(5,13-34-11-17-9-7-6-8-10-17)23(36-18)31-14-28-19-21(27)29-24(26)30-22(19)31/h6-10,14-16,18,20,23,32H,11-13H2,1-5H3,(H2,27,29,30)/t18-,20+,23-,25?/m1/s1. The molecular weight excluding hydrogens is 549 g/mol. The number of nitrogens with two attached hydrogens (primary N) is 1. The van der Waals surface area contributed by atoms with Crippen LogP contribution < -0.4 is 5.73 Å².